The van der Waals surface area contributed by atoms with E-state index in [0.29, 0.717) is 0 Å². The van der Waals surface area contributed by atoms with Crippen LogP contribution in [-0.2, 0) is 10.8 Å². The minimum atomic E-state index is 0.220. The Balaban J connectivity index is 1.41. The Hall–Kier alpha value is -1.90. The quantitative estimate of drug-likeness (QED) is 0.365. The zero-order valence-electron chi connectivity index (χ0n) is 19.6. The SMILES string of the molecule is C[C@]12C(=C3Sc4ccccc4S3)[C@]3(C)[C@H]4[C@@H]5[C@H](CC[C@H]41)[C@@]2(c1ccccc1)[C@@]53c1ccccc1. The fourth-order valence-corrected chi connectivity index (χ4v) is 14.7. The van der Waals surface area contributed by atoms with Crippen LogP contribution in [0.5, 0.6) is 0 Å². The number of fused-ring (bicyclic) bond motifs is 2. The summed E-state index contributed by atoms with van der Waals surface area (Å²) in [4.78, 5) is 2.92. The molecular formula is C32H28S2. The molecule has 10 rings (SSSR count). The fourth-order valence-electron chi connectivity index (χ4n) is 11.7. The van der Waals surface area contributed by atoms with Gasteiger partial charge in [0.1, 0.15) is 0 Å². The average Bonchev–Trinajstić information content (AvgIpc) is 3.37. The minimum absolute atomic E-state index is 0.220. The highest BCUT2D eigenvalue weighted by atomic mass is 32.2. The van der Waals surface area contributed by atoms with E-state index in [2.05, 4.69) is 122 Å². The van der Waals surface area contributed by atoms with Gasteiger partial charge in [-0.1, -0.05) is 110 Å². The molecule has 6 fully saturated rings. The van der Waals surface area contributed by atoms with Crippen molar-refractivity contribution in [2.24, 2.45) is 34.5 Å². The van der Waals surface area contributed by atoms with E-state index in [9.17, 15) is 0 Å². The monoisotopic (exact) mass is 476 g/mol. The molecule has 8 atom stereocenters. The second-order valence-electron chi connectivity index (χ2n) is 11.9. The summed E-state index contributed by atoms with van der Waals surface area (Å²) in [6.45, 7) is 5.43. The van der Waals surface area contributed by atoms with Crippen molar-refractivity contribution >= 4 is 23.5 Å². The van der Waals surface area contributed by atoms with Crippen LogP contribution in [0, 0.1) is 34.5 Å². The van der Waals surface area contributed by atoms with E-state index in [0.717, 1.165) is 23.7 Å². The van der Waals surface area contributed by atoms with Crippen molar-refractivity contribution in [1.29, 1.82) is 0 Å². The van der Waals surface area contributed by atoms with Gasteiger partial charge in [0.05, 0.1) is 4.24 Å². The van der Waals surface area contributed by atoms with Crippen molar-refractivity contribution in [3.8, 4) is 0 Å². The molecule has 0 spiro atoms. The molecule has 2 heteroatoms. The molecule has 0 N–H and O–H groups in total. The molecule has 34 heavy (non-hydrogen) atoms. The highest BCUT2D eigenvalue weighted by molar-refractivity contribution is 8.24. The zero-order chi connectivity index (χ0) is 22.5. The van der Waals surface area contributed by atoms with Gasteiger partial charge in [-0.15, -0.1) is 0 Å². The zero-order valence-corrected chi connectivity index (χ0v) is 21.3. The van der Waals surface area contributed by atoms with E-state index in [1.165, 1.54) is 22.6 Å². The van der Waals surface area contributed by atoms with Crippen molar-refractivity contribution in [3.05, 3.63) is 106 Å². The van der Waals surface area contributed by atoms with Crippen molar-refractivity contribution < 1.29 is 0 Å². The molecule has 1 aliphatic heterocycles. The van der Waals surface area contributed by atoms with E-state index < -0.39 is 0 Å². The summed E-state index contributed by atoms with van der Waals surface area (Å²) >= 11 is 4.16. The first kappa shape index (κ1) is 19.3. The van der Waals surface area contributed by atoms with E-state index in [-0.39, 0.29) is 21.7 Å². The minimum Gasteiger partial charge on any atom is -0.0815 e. The lowest BCUT2D eigenvalue weighted by Gasteiger charge is -2.90. The summed E-state index contributed by atoms with van der Waals surface area (Å²) in [6.07, 6.45) is 2.85. The number of thioether (sulfide) groups is 2. The Morgan fingerprint density at radius 1 is 0.588 bits per heavy atom. The molecule has 0 radical (unpaired) electrons. The molecule has 168 valence electrons. The van der Waals surface area contributed by atoms with Crippen LogP contribution >= 0.6 is 23.5 Å². The van der Waals surface area contributed by atoms with Crippen molar-refractivity contribution in [2.45, 2.75) is 47.3 Å². The second kappa shape index (κ2) is 5.73. The number of benzene rings is 3. The molecule has 0 nitrogen and oxygen atoms in total. The van der Waals surface area contributed by atoms with Crippen LogP contribution in [0.15, 0.2) is 105 Å². The Morgan fingerprint density at radius 2 is 1.12 bits per heavy atom. The van der Waals surface area contributed by atoms with E-state index in [1.54, 1.807) is 15.4 Å². The van der Waals surface area contributed by atoms with Gasteiger partial charge in [0.25, 0.3) is 0 Å². The maximum Gasteiger partial charge on any atom is 0.0503 e. The normalized spacial score (nSPS) is 45.8. The molecule has 6 aliphatic carbocycles. The Kier molecular flexibility index (Phi) is 3.26. The highest BCUT2D eigenvalue weighted by Gasteiger charge is 3.03. The third kappa shape index (κ3) is 1.53. The largest absolute Gasteiger partial charge is 0.0815 e. The molecule has 1 heterocycles. The fraction of sp³-hybridized carbons (Fsp3) is 0.375. The van der Waals surface area contributed by atoms with Crippen molar-refractivity contribution in [2.75, 3.05) is 0 Å². The van der Waals surface area contributed by atoms with Crippen LogP contribution in [0.4, 0.5) is 0 Å². The molecule has 6 saturated carbocycles. The number of hydrogen-bond donors (Lipinski definition) is 0. The number of rotatable bonds is 2. The Labute approximate surface area is 210 Å². The summed E-state index contributed by atoms with van der Waals surface area (Å²) in [5, 5.41) is 0. The second-order valence-corrected chi connectivity index (χ2v) is 14.3. The standard InChI is InChI=1S/C32H28S2/c1-29-21-17-18-22-26-25(21)30(2,27(29)28-33-23-15-9-10-16-24(23)34-28)32(26,20-13-7-4-8-14-20)31(22,29)19-11-5-3-6-12-19/h3-16,21-22,25-26H,17-18H2,1-2H3/t21-,22+,25-,26+,29-,30+,31-,32+/m1/s1. The molecule has 0 aromatic heterocycles. The topological polar surface area (TPSA) is 0 Å². The van der Waals surface area contributed by atoms with E-state index >= 15 is 0 Å². The van der Waals surface area contributed by atoms with Crippen molar-refractivity contribution in [1.82, 2.24) is 0 Å². The van der Waals surface area contributed by atoms with Crippen LogP contribution in [0.25, 0.3) is 0 Å². The molecule has 3 aromatic carbocycles. The van der Waals surface area contributed by atoms with E-state index in [1.807, 2.05) is 5.57 Å². The maximum atomic E-state index is 2.72. The van der Waals surface area contributed by atoms with Gasteiger partial charge in [0.2, 0.25) is 0 Å². The average molecular weight is 477 g/mol. The predicted molar refractivity (Wildman–Crippen MR) is 141 cm³/mol. The molecule has 4 bridgehead atoms. The third-order valence-corrected chi connectivity index (χ3v) is 14.3. The lowest BCUT2D eigenvalue weighted by atomic mass is 9.12. The molecule has 7 aliphatic rings. The molecule has 3 aromatic rings. The Bertz CT molecular complexity index is 1400. The summed E-state index contributed by atoms with van der Waals surface area (Å²) in [5.74, 6) is 3.35. The van der Waals surface area contributed by atoms with Gasteiger partial charge in [-0.2, -0.15) is 0 Å². The first-order valence-corrected chi connectivity index (χ1v) is 14.6. The Morgan fingerprint density at radius 3 is 1.74 bits per heavy atom. The summed E-state index contributed by atoms with van der Waals surface area (Å²) in [6, 6.07) is 32.6. The van der Waals surface area contributed by atoms with Crippen molar-refractivity contribution in [3.63, 3.8) is 0 Å². The van der Waals surface area contributed by atoms with Gasteiger partial charge in [0.15, 0.2) is 0 Å². The molecule has 0 saturated heterocycles. The van der Waals surface area contributed by atoms with Crippen LogP contribution in [-0.4, -0.2) is 0 Å². The number of allylic oxidation sites excluding steroid dienone is 1. The molecule has 0 unspecified atom stereocenters. The summed E-state index contributed by atoms with van der Waals surface area (Å²) < 4.78 is 1.62. The van der Waals surface area contributed by atoms with Gasteiger partial charge in [-0.05, 0) is 65.3 Å². The third-order valence-electron chi connectivity index (χ3n) is 11.7. The lowest BCUT2D eigenvalue weighted by Crippen LogP contribution is -2.91. The van der Waals surface area contributed by atoms with Gasteiger partial charge in [-0.25, -0.2) is 0 Å². The smallest absolute Gasteiger partial charge is 0.0503 e. The van der Waals surface area contributed by atoms with Gasteiger partial charge in [-0.3, -0.25) is 0 Å². The van der Waals surface area contributed by atoms with Gasteiger partial charge in [0, 0.05) is 31.5 Å². The van der Waals surface area contributed by atoms with Gasteiger partial charge >= 0.3 is 0 Å². The summed E-state index contributed by atoms with van der Waals surface area (Å²) in [5.41, 5.74) is 6.03. The van der Waals surface area contributed by atoms with E-state index in [4.69, 9.17) is 0 Å². The van der Waals surface area contributed by atoms with Crippen LogP contribution in [0.2, 0.25) is 0 Å². The van der Waals surface area contributed by atoms with Crippen LogP contribution < -0.4 is 0 Å². The molecular weight excluding hydrogens is 448 g/mol. The molecule has 0 amide bonds. The number of hydrogen-bond acceptors (Lipinski definition) is 2. The predicted octanol–water partition coefficient (Wildman–Crippen LogP) is 8.30. The van der Waals surface area contributed by atoms with Crippen LogP contribution in [0.1, 0.15) is 37.8 Å². The maximum absolute atomic E-state index is 2.72. The first-order chi connectivity index (χ1) is 16.6. The summed E-state index contributed by atoms with van der Waals surface area (Å²) in [7, 11) is 0. The van der Waals surface area contributed by atoms with Gasteiger partial charge < -0.3 is 0 Å². The first-order valence-electron chi connectivity index (χ1n) is 12.9. The van der Waals surface area contributed by atoms with Crippen LogP contribution in [0.3, 0.4) is 0 Å². The highest BCUT2D eigenvalue weighted by Crippen LogP contribution is 3.04. The lowest BCUT2D eigenvalue weighted by molar-refractivity contribution is -0.364.